The van der Waals surface area contributed by atoms with Crippen LogP contribution in [0.25, 0.3) is 16.9 Å². The summed E-state index contributed by atoms with van der Waals surface area (Å²) < 4.78 is 79.3. The molecule has 4 aromatic rings. The number of likely N-dealkylation sites (N-methyl/N-ethyl adjacent to an activating group) is 1. The topological polar surface area (TPSA) is 167 Å². The maximum absolute atomic E-state index is 13.5. The normalized spacial score (nSPS) is 12.9. The largest absolute Gasteiger partial charge is 0.569 e. The van der Waals surface area contributed by atoms with Gasteiger partial charge in [-0.1, -0.05) is 48.0 Å². The molecule has 1 heterocycles. The number of halogens is 3. The van der Waals surface area contributed by atoms with Crippen molar-refractivity contribution in [1.82, 2.24) is 19.5 Å². The van der Waals surface area contributed by atoms with Crippen molar-refractivity contribution in [2.45, 2.75) is 50.6 Å². The Morgan fingerprint density at radius 2 is 1.66 bits per heavy atom. The number of sulfonamides is 1. The standard InChI is InChI=1S/C32H33F3N6O8S/c1-21-11-13-23(14-12-21)27-19-28(32(33,34)35)36-40(27)25-15-17-26(18-16-25)50(45,46)37-30(43)47-20-31(3,4)39(5)41(44)38-49-22(2)48-29(42)24-9-7-6-8-10-24/h6-19,22H,20H2,1-5H3,(H,37,43)/b41-38-. The Morgan fingerprint density at radius 1 is 1.04 bits per heavy atom. The lowest BCUT2D eigenvalue weighted by molar-refractivity contribution is -0.722. The van der Waals surface area contributed by atoms with Crippen LogP contribution in [0.5, 0.6) is 0 Å². The minimum absolute atomic E-state index is 0.0218. The highest BCUT2D eigenvalue weighted by Gasteiger charge is 2.36. The lowest BCUT2D eigenvalue weighted by Gasteiger charge is -2.30. The van der Waals surface area contributed by atoms with Crippen molar-refractivity contribution < 1.29 is 50.5 Å². The molecule has 0 fully saturated rings. The van der Waals surface area contributed by atoms with Gasteiger partial charge in [0.2, 0.25) is 5.28 Å². The first kappa shape index (κ1) is 37.2. The third-order valence-corrected chi connectivity index (χ3v) is 8.52. The van der Waals surface area contributed by atoms with Crippen molar-refractivity contribution in [2.75, 3.05) is 13.7 Å². The Hall–Kier alpha value is -5.65. The van der Waals surface area contributed by atoms with E-state index in [9.17, 15) is 36.4 Å². The maximum atomic E-state index is 13.5. The molecular formula is C32H33F3N6O8S. The average Bonchev–Trinajstić information content (AvgIpc) is 3.53. The molecule has 0 aliphatic heterocycles. The van der Waals surface area contributed by atoms with Crippen LogP contribution in [-0.4, -0.2) is 65.7 Å². The molecule has 3 aromatic carbocycles. The van der Waals surface area contributed by atoms with Gasteiger partial charge in [0.1, 0.15) is 12.1 Å². The quantitative estimate of drug-likeness (QED) is 0.0603. The highest BCUT2D eigenvalue weighted by molar-refractivity contribution is 7.90. The van der Waals surface area contributed by atoms with Gasteiger partial charge in [0.25, 0.3) is 16.3 Å². The van der Waals surface area contributed by atoms with Gasteiger partial charge in [-0.3, -0.25) is 4.84 Å². The lowest BCUT2D eigenvalue weighted by atomic mass is 10.1. The number of hydrogen-bond donors (Lipinski definition) is 1. The van der Waals surface area contributed by atoms with Crippen LogP contribution in [0.15, 0.2) is 95.1 Å². The smallest absolute Gasteiger partial charge is 0.435 e. The zero-order valence-corrected chi connectivity index (χ0v) is 28.2. The van der Waals surface area contributed by atoms with Crippen LogP contribution in [0.3, 0.4) is 0 Å². The van der Waals surface area contributed by atoms with E-state index in [1.165, 1.54) is 52.1 Å². The number of nitrogens with one attached hydrogen (secondary N) is 1. The summed E-state index contributed by atoms with van der Waals surface area (Å²) in [6.45, 7) is 5.64. The van der Waals surface area contributed by atoms with E-state index < -0.39 is 57.3 Å². The summed E-state index contributed by atoms with van der Waals surface area (Å²) >= 11 is 0. The number of alkyl halides is 3. The summed E-state index contributed by atoms with van der Waals surface area (Å²) in [6.07, 6.45) is -7.33. The molecule has 266 valence electrons. The Bertz CT molecular complexity index is 1950. The molecule has 0 bridgehead atoms. The van der Waals surface area contributed by atoms with Crippen LogP contribution in [-0.2, 0) is 30.5 Å². The second-order valence-electron chi connectivity index (χ2n) is 11.5. The van der Waals surface area contributed by atoms with Crippen molar-refractivity contribution in [3.05, 3.63) is 107 Å². The third-order valence-electron chi connectivity index (χ3n) is 7.19. The molecule has 14 nitrogen and oxygen atoms in total. The van der Waals surface area contributed by atoms with E-state index in [-0.39, 0.29) is 21.9 Å². The number of amides is 1. The molecule has 1 N–H and O–H groups in total. The molecule has 4 rings (SSSR count). The lowest BCUT2D eigenvalue weighted by Crippen LogP contribution is -2.49. The van der Waals surface area contributed by atoms with E-state index in [1.54, 1.807) is 47.2 Å². The van der Waals surface area contributed by atoms with E-state index in [2.05, 4.69) is 10.4 Å². The summed E-state index contributed by atoms with van der Waals surface area (Å²) in [6, 6.07) is 20.4. The summed E-state index contributed by atoms with van der Waals surface area (Å²) in [5.74, 6) is -0.700. The summed E-state index contributed by atoms with van der Waals surface area (Å²) in [4.78, 5) is 29.2. The minimum Gasteiger partial charge on any atom is -0.569 e. The molecule has 0 radical (unpaired) electrons. The number of carbonyl (C=O) groups is 2. The van der Waals surface area contributed by atoms with Crippen LogP contribution in [0.1, 0.15) is 42.4 Å². The number of carbonyl (C=O) groups excluding carboxylic acids is 2. The van der Waals surface area contributed by atoms with Gasteiger partial charge in [0, 0.05) is 12.5 Å². The average molecular weight is 719 g/mol. The summed E-state index contributed by atoms with van der Waals surface area (Å²) in [7, 11) is -3.20. The number of rotatable bonds is 12. The first-order valence-electron chi connectivity index (χ1n) is 14.8. The number of ether oxygens (including phenoxy) is 2. The van der Waals surface area contributed by atoms with E-state index in [0.29, 0.717) is 5.56 Å². The molecule has 0 saturated heterocycles. The van der Waals surface area contributed by atoms with Crippen LogP contribution < -0.4 is 4.72 Å². The van der Waals surface area contributed by atoms with Gasteiger partial charge in [-0.05, 0) is 63.2 Å². The number of aromatic nitrogens is 2. The Balaban J connectivity index is 1.37. The van der Waals surface area contributed by atoms with Gasteiger partial charge in [-0.15, -0.1) is 5.01 Å². The van der Waals surface area contributed by atoms with Gasteiger partial charge in [-0.2, -0.15) is 18.3 Å². The zero-order valence-electron chi connectivity index (χ0n) is 27.4. The molecule has 1 atom stereocenters. The zero-order chi connectivity index (χ0) is 36.9. The van der Waals surface area contributed by atoms with Gasteiger partial charge < -0.3 is 14.7 Å². The van der Waals surface area contributed by atoms with E-state index >= 15 is 0 Å². The number of esters is 1. The van der Waals surface area contributed by atoms with E-state index in [4.69, 9.17) is 14.3 Å². The molecule has 0 aliphatic rings. The fraction of sp³-hybridized carbons (Fsp3) is 0.281. The number of aryl methyl sites for hydroxylation is 1. The maximum Gasteiger partial charge on any atom is 0.435 e. The summed E-state index contributed by atoms with van der Waals surface area (Å²) in [5.41, 5.74) is -0.525. The fourth-order valence-corrected chi connectivity index (χ4v) is 5.04. The van der Waals surface area contributed by atoms with Crippen molar-refractivity contribution in [1.29, 1.82) is 0 Å². The summed E-state index contributed by atoms with van der Waals surface area (Å²) in [5, 5.41) is 20.5. The van der Waals surface area contributed by atoms with Gasteiger partial charge in [-0.25, -0.2) is 27.4 Å². The van der Waals surface area contributed by atoms with E-state index in [0.717, 1.165) is 33.5 Å². The second kappa shape index (κ2) is 14.9. The first-order chi connectivity index (χ1) is 23.4. The molecule has 1 unspecified atom stereocenters. The predicted octanol–water partition coefficient (Wildman–Crippen LogP) is 6.00. The van der Waals surface area contributed by atoms with Gasteiger partial charge in [0.05, 0.1) is 33.9 Å². The van der Waals surface area contributed by atoms with Crippen LogP contribution in [0.2, 0.25) is 0 Å². The highest BCUT2D eigenvalue weighted by Crippen LogP contribution is 2.33. The second-order valence-corrected chi connectivity index (χ2v) is 13.2. The monoisotopic (exact) mass is 718 g/mol. The van der Waals surface area contributed by atoms with Crippen molar-refractivity contribution >= 4 is 22.1 Å². The van der Waals surface area contributed by atoms with Crippen LogP contribution in [0, 0.1) is 12.1 Å². The van der Waals surface area contributed by atoms with Crippen molar-refractivity contribution in [3.63, 3.8) is 0 Å². The molecule has 1 aromatic heterocycles. The molecule has 0 saturated carbocycles. The molecule has 50 heavy (non-hydrogen) atoms. The molecule has 18 heteroatoms. The first-order valence-corrected chi connectivity index (χ1v) is 16.2. The Kier molecular flexibility index (Phi) is 11.0. The van der Waals surface area contributed by atoms with Crippen molar-refractivity contribution in [2.24, 2.45) is 5.28 Å². The number of nitrogens with zero attached hydrogens (tertiary/aromatic N) is 5. The van der Waals surface area contributed by atoms with Crippen molar-refractivity contribution in [3.8, 4) is 16.9 Å². The van der Waals surface area contributed by atoms with Gasteiger partial charge >= 0.3 is 18.2 Å². The SMILES string of the molecule is Cc1ccc(-c2cc(C(F)(F)F)nn2-c2ccc(S(=O)(=O)NC(=O)OCC(C)(C)N(C)/[N+]([O-])=N/OC(C)OC(=O)c3ccccc3)cc2)cc1. The third kappa shape index (κ3) is 9.28. The number of hydrogen-bond acceptors (Lipinski definition) is 10. The minimum atomic E-state index is -4.73. The molecule has 0 aliphatic carbocycles. The van der Waals surface area contributed by atoms with Crippen LogP contribution >= 0.6 is 0 Å². The fourth-order valence-electron chi connectivity index (χ4n) is 4.15. The van der Waals surface area contributed by atoms with Crippen LogP contribution in [0.4, 0.5) is 18.0 Å². The highest BCUT2D eigenvalue weighted by atomic mass is 32.2. The van der Waals surface area contributed by atoms with Gasteiger partial charge in [0.15, 0.2) is 5.69 Å². The predicted molar refractivity (Wildman–Crippen MR) is 171 cm³/mol. The number of benzene rings is 3. The molecule has 1 amide bonds. The molecular weight excluding hydrogens is 685 g/mol. The Morgan fingerprint density at radius 3 is 2.26 bits per heavy atom. The Labute approximate surface area is 285 Å². The molecule has 0 spiro atoms. The van der Waals surface area contributed by atoms with E-state index in [1.807, 2.05) is 6.92 Å². The number of hydrazine groups is 1.